The number of amides is 3. The van der Waals surface area contributed by atoms with Gasteiger partial charge in [0, 0.05) is 27.9 Å². The van der Waals surface area contributed by atoms with Crippen LogP contribution in [0.25, 0.3) is 21.7 Å². The molecule has 1 unspecified atom stereocenters. The largest absolute Gasteiger partial charge is 0.472 e. The van der Waals surface area contributed by atoms with Crippen LogP contribution in [-0.4, -0.2) is 28.1 Å². The molecule has 7 nitrogen and oxygen atoms in total. The van der Waals surface area contributed by atoms with Gasteiger partial charge in [0.15, 0.2) is 0 Å². The van der Waals surface area contributed by atoms with E-state index < -0.39 is 35.8 Å². The van der Waals surface area contributed by atoms with E-state index in [1.807, 2.05) is 0 Å². The fraction of sp³-hybridized carbons (Fsp3) is 0.200. The molecule has 1 atom stereocenters. The van der Waals surface area contributed by atoms with Crippen molar-refractivity contribution in [2.45, 2.75) is 26.1 Å². The fourth-order valence-electron chi connectivity index (χ4n) is 2.89. The number of halogens is 6. The highest BCUT2D eigenvalue weighted by Gasteiger charge is 2.39. The van der Waals surface area contributed by atoms with Gasteiger partial charge in [0.1, 0.15) is 16.6 Å². The molecule has 3 N–H and O–H groups in total. The number of thiazole rings is 1. The van der Waals surface area contributed by atoms with Gasteiger partial charge in [0.25, 0.3) is 0 Å². The van der Waals surface area contributed by atoms with Gasteiger partial charge in [-0.15, -0.1) is 11.3 Å². The Morgan fingerprint density at radius 1 is 1.06 bits per heavy atom. The minimum atomic E-state index is -5.20. The Bertz CT molecular complexity index is 1250. The average Bonchev–Trinajstić information content (AvgIpc) is 3.16. The van der Waals surface area contributed by atoms with Crippen molar-refractivity contribution in [2.75, 3.05) is 0 Å². The van der Waals surface area contributed by atoms with Gasteiger partial charge in [0.05, 0.1) is 17.3 Å². The zero-order valence-electron chi connectivity index (χ0n) is 17.4. The van der Waals surface area contributed by atoms with Gasteiger partial charge in [-0.3, -0.25) is 15.2 Å². The van der Waals surface area contributed by atoms with Gasteiger partial charge >= 0.3 is 18.1 Å². The van der Waals surface area contributed by atoms with E-state index in [1.54, 1.807) is 13.1 Å². The topological polar surface area (TPSA) is 96.0 Å². The first kappa shape index (κ1) is 25.3. The lowest BCUT2D eigenvalue weighted by Crippen LogP contribution is -2.51. The molecule has 0 spiro atoms. The summed E-state index contributed by atoms with van der Waals surface area (Å²) in [6.07, 6.45) is -2.40. The van der Waals surface area contributed by atoms with Crippen LogP contribution in [0.1, 0.15) is 23.5 Å². The average molecular weight is 520 g/mol. The minimum Gasteiger partial charge on any atom is -0.329 e. The second-order valence-electron chi connectivity index (χ2n) is 6.95. The number of carbonyl (C=O) groups excluding carboxylic acids is 2. The molecular weight excluding hydrogens is 505 g/mol. The molecule has 0 saturated carbocycles. The molecule has 0 saturated heterocycles. The number of pyridine rings is 1. The van der Waals surface area contributed by atoms with E-state index in [0.717, 1.165) is 17.0 Å². The van der Waals surface area contributed by atoms with E-state index in [9.17, 15) is 31.5 Å². The van der Waals surface area contributed by atoms with Crippen molar-refractivity contribution in [2.24, 2.45) is 0 Å². The molecule has 0 aliphatic heterocycles. The minimum absolute atomic E-state index is 0.0709. The van der Waals surface area contributed by atoms with E-state index in [0.29, 0.717) is 5.01 Å². The molecular formula is C20H15ClF5N5O2S. The molecule has 3 rings (SSSR count). The maximum absolute atomic E-state index is 14.9. The van der Waals surface area contributed by atoms with Gasteiger partial charge in [-0.1, -0.05) is 11.6 Å². The summed E-state index contributed by atoms with van der Waals surface area (Å²) in [5.41, 5.74) is 2.95. The van der Waals surface area contributed by atoms with E-state index in [2.05, 4.69) is 15.3 Å². The monoisotopic (exact) mass is 519 g/mol. The van der Waals surface area contributed by atoms with Crippen LogP contribution >= 0.6 is 22.9 Å². The highest BCUT2D eigenvalue weighted by atomic mass is 35.5. The molecule has 2 aromatic heterocycles. The molecule has 1 aromatic carbocycles. The lowest BCUT2D eigenvalue weighted by Gasteiger charge is -2.17. The fourth-order valence-corrected chi connectivity index (χ4v) is 3.92. The molecule has 2 heterocycles. The molecule has 14 heteroatoms. The second-order valence-corrected chi connectivity index (χ2v) is 8.62. The molecule has 0 bridgehead atoms. The Morgan fingerprint density at radius 3 is 2.35 bits per heavy atom. The van der Waals surface area contributed by atoms with E-state index in [-0.39, 0.29) is 27.4 Å². The summed E-state index contributed by atoms with van der Waals surface area (Å²) in [5.74, 6) is -3.93. The highest BCUT2D eigenvalue weighted by Crippen LogP contribution is 2.38. The number of urea groups is 1. The molecule has 3 amide bonds. The summed E-state index contributed by atoms with van der Waals surface area (Å²) in [7, 11) is 0. The van der Waals surface area contributed by atoms with Crippen LogP contribution in [0, 0.1) is 18.6 Å². The zero-order chi connectivity index (χ0) is 25.2. The summed E-state index contributed by atoms with van der Waals surface area (Å²) >= 11 is 7.23. The van der Waals surface area contributed by atoms with Crippen LogP contribution in [0.3, 0.4) is 0 Å². The van der Waals surface area contributed by atoms with Crippen LogP contribution in [0.4, 0.5) is 26.7 Å². The number of alkyl halides is 3. The van der Waals surface area contributed by atoms with Crippen molar-refractivity contribution in [1.29, 1.82) is 0 Å². The van der Waals surface area contributed by atoms with Crippen molar-refractivity contribution >= 4 is 34.9 Å². The van der Waals surface area contributed by atoms with Crippen LogP contribution in [-0.2, 0) is 4.79 Å². The summed E-state index contributed by atoms with van der Waals surface area (Å²) in [4.78, 5) is 31.4. The number of nitrogens with one attached hydrogen (secondary N) is 3. The van der Waals surface area contributed by atoms with Gasteiger partial charge in [-0.05, 0) is 37.6 Å². The third-order valence-corrected chi connectivity index (χ3v) is 5.52. The predicted molar refractivity (Wildman–Crippen MR) is 115 cm³/mol. The Balaban J connectivity index is 1.83. The SMILES string of the molecule is Cc1cnc(-c2c(F)cc(Cl)cc2-c2cnc(C(C)NC(=O)NNC(=O)C(F)(F)F)c(F)c2)s1. The number of hydrazine groups is 1. The van der Waals surface area contributed by atoms with Gasteiger partial charge < -0.3 is 5.32 Å². The maximum Gasteiger partial charge on any atom is 0.472 e. The lowest BCUT2D eigenvalue weighted by atomic mass is 10.00. The van der Waals surface area contributed by atoms with Crippen molar-refractivity contribution in [3.05, 3.63) is 57.8 Å². The Labute approximate surface area is 198 Å². The number of aromatic nitrogens is 2. The van der Waals surface area contributed by atoms with Crippen molar-refractivity contribution in [3.8, 4) is 21.7 Å². The Hall–Kier alpha value is -3.32. The number of rotatable bonds is 4. The van der Waals surface area contributed by atoms with E-state index in [1.165, 1.54) is 41.4 Å². The number of benzene rings is 1. The van der Waals surface area contributed by atoms with Crippen LogP contribution in [0.15, 0.2) is 30.6 Å². The van der Waals surface area contributed by atoms with Crippen LogP contribution in [0.2, 0.25) is 5.02 Å². The Kier molecular flexibility index (Phi) is 7.36. The molecule has 0 aliphatic carbocycles. The summed E-state index contributed by atoms with van der Waals surface area (Å²) in [6, 6.07) is 1.27. The van der Waals surface area contributed by atoms with Gasteiger partial charge in [-0.25, -0.2) is 24.0 Å². The third-order valence-electron chi connectivity index (χ3n) is 4.38. The third kappa shape index (κ3) is 5.78. The highest BCUT2D eigenvalue weighted by molar-refractivity contribution is 7.15. The number of aryl methyl sites for hydroxylation is 1. The quantitative estimate of drug-likeness (QED) is 0.331. The van der Waals surface area contributed by atoms with Crippen molar-refractivity contribution in [3.63, 3.8) is 0 Å². The molecule has 0 fully saturated rings. The van der Waals surface area contributed by atoms with Crippen LogP contribution in [0.5, 0.6) is 0 Å². The molecule has 0 radical (unpaired) electrons. The summed E-state index contributed by atoms with van der Waals surface area (Å²) in [6.45, 7) is 3.11. The van der Waals surface area contributed by atoms with E-state index in [4.69, 9.17) is 11.6 Å². The molecule has 180 valence electrons. The predicted octanol–water partition coefficient (Wildman–Crippen LogP) is 5.07. The normalized spacial score (nSPS) is 12.2. The number of hydrogen-bond donors (Lipinski definition) is 3. The lowest BCUT2D eigenvalue weighted by molar-refractivity contribution is -0.174. The smallest absolute Gasteiger partial charge is 0.329 e. The first-order valence-corrected chi connectivity index (χ1v) is 10.6. The summed E-state index contributed by atoms with van der Waals surface area (Å²) < 4.78 is 66.1. The van der Waals surface area contributed by atoms with E-state index >= 15 is 0 Å². The molecule has 34 heavy (non-hydrogen) atoms. The number of carbonyl (C=O) groups is 2. The zero-order valence-corrected chi connectivity index (χ0v) is 18.9. The van der Waals surface area contributed by atoms with Gasteiger partial charge in [-0.2, -0.15) is 13.2 Å². The second kappa shape index (κ2) is 9.89. The molecule has 0 aliphatic rings. The first-order valence-electron chi connectivity index (χ1n) is 9.38. The Morgan fingerprint density at radius 2 is 1.76 bits per heavy atom. The standard InChI is InChI=1S/C20H15ClF5N5O2S/c1-8-6-28-17(34-8)15-12(4-11(21)5-13(15)22)10-3-14(23)16(27-7-10)9(2)29-19(33)31-30-18(32)20(24,25)26/h3-7,9H,1-2H3,(H,30,32)(H2,29,31,33). The van der Waals surface area contributed by atoms with Crippen molar-refractivity contribution < 1.29 is 31.5 Å². The number of nitrogens with zero attached hydrogens (tertiary/aromatic N) is 2. The maximum atomic E-state index is 14.9. The van der Waals surface area contributed by atoms with Crippen LogP contribution < -0.4 is 16.2 Å². The summed E-state index contributed by atoms with van der Waals surface area (Å²) in [5, 5.41) is 2.57. The van der Waals surface area contributed by atoms with Crippen molar-refractivity contribution in [1.82, 2.24) is 26.1 Å². The molecule has 3 aromatic rings. The van der Waals surface area contributed by atoms with Gasteiger partial charge in [0.2, 0.25) is 0 Å². The first-order chi connectivity index (χ1) is 15.9. The number of hydrogen-bond acceptors (Lipinski definition) is 5.